The molecule has 240 valence electrons. The van der Waals surface area contributed by atoms with Crippen LogP contribution in [-0.2, 0) is 27.7 Å². The van der Waals surface area contributed by atoms with Crippen molar-refractivity contribution in [1.82, 2.24) is 19.8 Å². The summed E-state index contributed by atoms with van der Waals surface area (Å²) in [5.74, 6) is 0.0519. The van der Waals surface area contributed by atoms with Gasteiger partial charge in [0.1, 0.15) is 11.4 Å². The number of aromatic nitrogens is 2. The van der Waals surface area contributed by atoms with E-state index in [4.69, 9.17) is 0 Å². The van der Waals surface area contributed by atoms with Gasteiger partial charge >= 0.3 is 6.18 Å². The molecular formula is C33H40F3N7O2. The molecule has 0 atom stereocenters. The van der Waals surface area contributed by atoms with E-state index in [0.29, 0.717) is 29.3 Å². The van der Waals surface area contributed by atoms with Crippen molar-refractivity contribution >= 4 is 35.0 Å². The van der Waals surface area contributed by atoms with Crippen LogP contribution in [-0.4, -0.2) is 65.3 Å². The molecule has 0 bridgehead atoms. The van der Waals surface area contributed by atoms with Gasteiger partial charge in [-0.1, -0.05) is 24.3 Å². The fourth-order valence-electron chi connectivity index (χ4n) is 6.08. The molecule has 2 aliphatic rings. The van der Waals surface area contributed by atoms with Gasteiger partial charge in [-0.2, -0.15) is 18.2 Å². The highest BCUT2D eigenvalue weighted by atomic mass is 19.4. The van der Waals surface area contributed by atoms with Crippen molar-refractivity contribution in [3.8, 4) is 0 Å². The first kappa shape index (κ1) is 32.2. The molecule has 2 amide bonds. The standard InChI is InChI=1S/C33H40F3N7O2/c1-32(2)28-23(7-5-8-26(28)40-30(32)45)19-37-29-25(33(34,35)36)20-38-31(41-29)39-24-12-10-21(11-13-24)22-14-17-43(18-15-22)27(44)9-6-16-42(3)4/h5,7-8,10-13,20,22H,6,9,14-19H2,1-4H3,(H,40,45)(H2,37,38,39,41). The molecule has 5 rings (SSSR count). The van der Waals surface area contributed by atoms with Gasteiger partial charge in [0.2, 0.25) is 17.8 Å². The van der Waals surface area contributed by atoms with Gasteiger partial charge in [-0.25, -0.2) is 4.98 Å². The maximum Gasteiger partial charge on any atom is 0.421 e. The Morgan fingerprint density at radius 2 is 1.82 bits per heavy atom. The highest BCUT2D eigenvalue weighted by Crippen LogP contribution is 2.40. The third-order valence-corrected chi connectivity index (χ3v) is 8.61. The van der Waals surface area contributed by atoms with E-state index in [-0.39, 0.29) is 30.1 Å². The number of nitrogens with one attached hydrogen (secondary N) is 3. The predicted octanol–water partition coefficient (Wildman–Crippen LogP) is 6.13. The number of anilines is 4. The molecule has 0 unspecified atom stereocenters. The second-order valence-corrected chi connectivity index (χ2v) is 12.5. The first-order valence-electron chi connectivity index (χ1n) is 15.2. The molecule has 2 aromatic carbocycles. The molecule has 1 aromatic heterocycles. The van der Waals surface area contributed by atoms with E-state index in [1.807, 2.05) is 43.3 Å². The number of fused-ring (bicyclic) bond motifs is 1. The lowest BCUT2D eigenvalue weighted by atomic mass is 9.83. The van der Waals surface area contributed by atoms with Crippen LogP contribution in [0.3, 0.4) is 0 Å². The number of rotatable bonds is 10. The van der Waals surface area contributed by atoms with E-state index in [1.165, 1.54) is 0 Å². The number of carbonyl (C=O) groups excluding carboxylic acids is 2. The summed E-state index contributed by atoms with van der Waals surface area (Å²) in [6, 6.07) is 13.1. The monoisotopic (exact) mass is 623 g/mol. The number of alkyl halides is 3. The van der Waals surface area contributed by atoms with Gasteiger partial charge in [0.25, 0.3) is 0 Å². The summed E-state index contributed by atoms with van der Waals surface area (Å²) in [6.07, 6.45) is -0.703. The minimum Gasteiger partial charge on any atom is -0.365 e. The molecular weight excluding hydrogens is 583 g/mol. The van der Waals surface area contributed by atoms with Crippen LogP contribution in [0, 0.1) is 0 Å². The molecule has 12 heteroatoms. The maximum absolute atomic E-state index is 13.9. The minimum atomic E-state index is -4.66. The maximum atomic E-state index is 13.9. The van der Waals surface area contributed by atoms with Crippen LogP contribution in [0.5, 0.6) is 0 Å². The first-order chi connectivity index (χ1) is 21.3. The zero-order valence-corrected chi connectivity index (χ0v) is 26.1. The SMILES string of the molecule is CN(C)CCCC(=O)N1CCC(c2ccc(Nc3ncc(C(F)(F)F)c(NCc4cccc5c4C(C)(C)C(=O)N5)n3)cc2)CC1. The smallest absolute Gasteiger partial charge is 0.365 e. The summed E-state index contributed by atoms with van der Waals surface area (Å²) in [7, 11) is 4.01. The number of hydrogen-bond donors (Lipinski definition) is 3. The molecule has 45 heavy (non-hydrogen) atoms. The Bertz CT molecular complexity index is 1530. The Morgan fingerprint density at radius 1 is 1.11 bits per heavy atom. The first-order valence-corrected chi connectivity index (χ1v) is 15.2. The van der Waals surface area contributed by atoms with Crippen LogP contribution >= 0.6 is 0 Å². The Morgan fingerprint density at radius 3 is 2.49 bits per heavy atom. The van der Waals surface area contributed by atoms with Gasteiger partial charge < -0.3 is 25.8 Å². The fourth-order valence-corrected chi connectivity index (χ4v) is 6.08. The van der Waals surface area contributed by atoms with Gasteiger partial charge in [0.05, 0.1) is 5.41 Å². The Hall–Kier alpha value is -4.19. The number of likely N-dealkylation sites (tertiary alicyclic amines) is 1. The normalized spacial score (nSPS) is 16.4. The van der Waals surface area contributed by atoms with Crippen molar-refractivity contribution < 1.29 is 22.8 Å². The van der Waals surface area contributed by atoms with Gasteiger partial charge in [0, 0.05) is 43.6 Å². The molecule has 3 heterocycles. The summed E-state index contributed by atoms with van der Waals surface area (Å²) in [6.45, 7) is 5.97. The van der Waals surface area contributed by atoms with Crippen LogP contribution < -0.4 is 16.0 Å². The summed E-state index contributed by atoms with van der Waals surface area (Å²) in [5, 5.41) is 8.70. The Labute approximate surface area is 261 Å². The lowest BCUT2D eigenvalue weighted by Gasteiger charge is -2.32. The van der Waals surface area contributed by atoms with Crippen molar-refractivity contribution in [1.29, 1.82) is 0 Å². The lowest BCUT2D eigenvalue weighted by Crippen LogP contribution is -2.38. The molecule has 0 aliphatic carbocycles. The second kappa shape index (κ2) is 13.0. The summed E-state index contributed by atoms with van der Waals surface area (Å²) >= 11 is 0. The zero-order valence-electron chi connectivity index (χ0n) is 26.1. The van der Waals surface area contributed by atoms with Crippen LogP contribution in [0.4, 0.5) is 36.3 Å². The third-order valence-electron chi connectivity index (χ3n) is 8.61. The summed E-state index contributed by atoms with van der Waals surface area (Å²) in [4.78, 5) is 37.2. The second-order valence-electron chi connectivity index (χ2n) is 12.5. The van der Waals surface area contributed by atoms with Gasteiger partial charge in [-0.15, -0.1) is 0 Å². The predicted molar refractivity (Wildman–Crippen MR) is 169 cm³/mol. The van der Waals surface area contributed by atoms with Crippen molar-refractivity contribution in [2.75, 3.05) is 49.7 Å². The molecule has 2 aliphatic heterocycles. The molecule has 0 saturated carbocycles. The number of nitrogens with zero attached hydrogens (tertiary/aromatic N) is 4. The van der Waals surface area contributed by atoms with Gasteiger partial charge in [0.15, 0.2) is 0 Å². The fraction of sp³-hybridized carbons (Fsp3) is 0.455. The largest absolute Gasteiger partial charge is 0.421 e. The van der Waals surface area contributed by atoms with E-state index in [0.717, 1.165) is 56.2 Å². The van der Waals surface area contributed by atoms with Crippen LogP contribution in [0.25, 0.3) is 0 Å². The van der Waals surface area contributed by atoms with Crippen LogP contribution in [0.1, 0.15) is 67.7 Å². The van der Waals surface area contributed by atoms with Crippen molar-refractivity contribution in [3.63, 3.8) is 0 Å². The topological polar surface area (TPSA) is 102 Å². The highest BCUT2D eigenvalue weighted by molar-refractivity contribution is 6.06. The molecule has 0 radical (unpaired) electrons. The summed E-state index contributed by atoms with van der Waals surface area (Å²) in [5.41, 5.74) is 2.11. The van der Waals surface area contributed by atoms with E-state index in [2.05, 4.69) is 30.8 Å². The van der Waals surface area contributed by atoms with Crippen LogP contribution in [0.15, 0.2) is 48.7 Å². The Balaban J connectivity index is 1.23. The lowest BCUT2D eigenvalue weighted by molar-refractivity contribution is -0.137. The Kier molecular flexibility index (Phi) is 9.33. The molecule has 3 aromatic rings. The van der Waals surface area contributed by atoms with E-state index >= 15 is 0 Å². The van der Waals surface area contributed by atoms with E-state index in [1.54, 1.807) is 32.0 Å². The van der Waals surface area contributed by atoms with E-state index in [9.17, 15) is 22.8 Å². The highest BCUT2D eigenvalue weighted by Gasteiger charge is 2.40. The minimum absolute atomic E-state index is 0.0230. The molecule has 3 N–H and O–H groups in total. The number of halogens is 3. The van der Waals surface area contributed by atoms with Crippen LogP contribution in [0.2, 0.25) is 0 Å². The molecule has 1 saturated heterocycles. The quantitative estimate of drug-likeness (QED) is 0.250. The number of amides is 2. The number of carbonyl (C=O) groups is 2. The average molecular weight is 624 g/mol. The van der Waals surface area contributed by atoms with Crippen molar-refractivity contribution in [2.24, 2.45) is 0 Å². The zero-order chi connectivity index (χ0) is 32.4. The summed E-state index contributed by atoms with van der Waals surface area (Å²) < 4.78 is 41.6. The molecule has 9 nitrogen and oxygen atoms in total. The third kappa shape index (κ3) is 7.38. The van der Waals surface area contributed by atoms with Crippen molar-refractivity contribution in [2.45, 2.75) is 63.6 Å². The molecule has 1 fully saturated rings. The van der Waals surface area contributed by atoms with E-state index < -0.39 is 17.2 Å². The number of hydrogen-bond acceptors (Lipinski definition) is 7. The van der Waals surface area contributed by atoms with Gasteiger partial charge in [-0.3, -0.25) is 9.59 Å². The number of piperidine rings is 1. The van der Waals surface area contributed by atoms with Crippen molar-refractivity contribution in [3.05, 3.63) is 70.9 Å². The average Bonchev–Trinajstić information content (AvgIpc) is 3.23. The van der Waals surface area contributed by atoms with Gasteiger partial charge in [-0.05, 0) is 94.6 Å². The number of benzene rings is 2. The molecule has 0 spiro atoms.